The van der Waals surface area contributed by atoms with Crippen molar-refractivity contribution in [1.29, 1.82) is 0 Å². The quantitative estimate of drug-likeness (QED) is 0.659. The Balaban J connectivity index is 2.72. The predicted octanol–water partition coefficient (Wildman–Crippen LogP) is 4.56. The number of rotatable bonds is 1. The van der Waals surface area contributed by atoms with Crippen LogP contribution in [0.25, 0.3) is 11.1 Å². The normalized spacial score (nSPS) is 10.6. The van der Waals surface area contributed by atoms with E-state index in [2.05, 4.69) is 0 Å². The van der Waals surface area contributed by atoms with Crippen molar-refractivity contribution in [2.75, 3.05) is 0 Å². The Morgan fingerprint density at radius 1 is 0.765 bits per heavy atom. The molecule has 5 heteroatoms. The molecule has 0 unspecified atom stereocenters. The van der Waals surface area contributed by atoms with Gasteiger partial charge in [0.1, 0.15) is 23.3 Å². The smallest absolute Gasteiger partial charge is 0.136 e. The van der Waals surface area contributed by atoms with Gasteiger partial charge in [0.25, 0.3) is 0 Å². The lowest BCUT2D eigenvalue weighted by molar-refractivity contribution is 0.548. The van der Waals surface area contributed by atoms with Gasteiger partial charge in [-0.25, -0.2) is 17.6 Å². The molecule has 2 aromatic carbocycles. The first-order chi connectivity index (χ1) is 7.99. The van der Waals surface area contributed by atoms with Gasteiger partial charge in [-0.05, 0) is 18.2 Å². The van der Waals surface area contributed by atoms with Crippen LogP contribution in [0.3, 0.4) is 0 Å². The molecule has 0 amide bonds. The highest BCUT2D eigenvalue weighted by Gasteiger charge is 2.16. The second kappa shape index (κ2) is 4.37. The van der Waals surface area contributed by atoms with Crippen LogP contribution in [-0.4, -0.2) is 0 Å². The molecule has 2 aromatic rings. The lowest BCUT2D eigenvalue weighted by Crippen LogP contribution is -1.93. The minimum atomic E-state index is -1.13. The molecular weight excluding hydrogens is 256 g/mol. The first-order valence-electron chi connectivity index (χ1n) is 4.59. The third-order valence-corrected chi connectivity index (χ3v) is 2.53. The van der Waals surface area contributed by atoms with Gasteiger partial charge in [-0.15, -0.1) is 0 Å². The third-order valence-electron chi connectivity index (χ3n) is 2.20. The van der Waals surface area contributed by atoms with E-state index in [1.807, 2.05) is 0 Å². The van der Waals surface area contributed by atoms with Crippen LogP contribution in [0.1, 0.15) is 0 Å². The van der Waals surface area contributed by atoms with Gasteiger partial charge in [0.15, 0.2) is 0 Å². The van der Waals surface area contributed by atoms with Gasteiger partial charge in [-0.3, -0.25) is 0 Å². The molecule has 0 spiro atoms. The monoisotopic (exact) mass is 260 g/mol. The fourth-order valence-corrected chi connectivity index (χ4v) is 1.70. The SMILES string of the molecule is Fc1cc(F)c(-c2cc(F)ccc2Cl)c(F)c1. The van der Waals surface area contributed by atoms with Gasteiger partial charge in [0.2, 0.25) is 0 Å². The number of halogens is 5. The summed E-state index contributed by atoms with van der Waals surface area (Å²) >= 11 is 5.72. The molecule has 0 aromatic heterocycles. The topological polar surface area (TPSA) is 0 Å². The summed E-state index contributed by atoms with van der Waals surface area (Å²) in [6.07, 6.45) is 0. The van der Waals surface area contributed by atoms with Gasteiger partial charge < -0.3 is 0 Å². The van der Waals surface area contributed by atoms with Crippen molar-refractivity contribution in [1.82, 2.24) is 0 Å². The summed E-state index contributed by atoms with van der Waals surface area (Å²) in [6, 6.07) is 4.15. The van der Waals surface area contributed by atoms with E-state index in [-0.39, 0.29) is 10.6 Å². The van der Waals surface area contributed by atoms with E-state index in [0.717, 1.165) is 12.1 Å². The van der Waals surface area contributed by atoms with Crippen LogP contribution >= 0.6 is 11.6 Å². The molecule has 0 radical (unpaired) electrons. The van der Waals surface area contributed by atoms with Crippen LogP contribution < -0.4 is 0 Å². The van der Waals surface area contributed by atoms with E-state index in [1.165, 1.54) is 6.07 Å². The van der Waals surface area contributed by atoms with Crippen LogP contribution in [0.2, 0.25) is 5.02 Å². The van der Waals surface area contributed by atoms with Gasteiger partial charge >= 0.3 is 0 Å². The molecule has 88 valence electrons. The number of hydrogen-bond acceptors (Lipinski definition) is 0. The average molecular weight is 261 g/mol. The summed E-state index contributed by atoms with van der Waals surface area (Å²) in [7, 11) is 0. The van der Waals surface area contributed by atoms with E-state index in [0.29, 0.717) is 12.1 Å². The van der Waals surface area contributed by atoms with Gasteiger partial charge in [-0.1, -0.05) is 11.6 Å². The second-order valence-electron chi connectivity index (χ2n) is 3.37. The standard InChI is InChI=1S/C12H5ClF4/c13-9-2-1-6(14)3-8(9)12-10(16)4-7(15)5-11(12)17/h1-5H. The third kappa shape index (κ3) is 2.26. The fourth-order valence-electron chi connectivity index (χ4n) is 1.49. The van der Waals surface area contributed by atoms with E-state index in [1.54, 1.807) is 0 Å². The highest BCUT2D eigenvalue weighted by molar-refractivity contribution is 6.33. The van der Waals surface area contributed by atoms with Crippen LogP contribution in [-0.2, 0) is 0 Å². The zero-order valence-electron chi connectivity index (χ0n) is 8.28. The molecular formula is C12H5ClF4. The molecule has 0 atom stereocenters. The Kier molecular flexibility index (Phi) is 3.07. The molecule has 0 aliphatic rings. The maximum absolute atomic E-state index is 13.4. The zero-order chi connectivity index (χ0) is 12.6. The molecule has 0 fully saturated rings. The van der Waals surface area contributed by atoms with Crippen molar-refractivity contribution in [3.05, 3.63) is 58.6 Å². The van der Waals surface area contributed by atoms with E-state index < -0.39 is 28.8 Å². The number of benzene rings is 2. The minimum Gasteiger partial charge on any atom is -0.207 e. The molecule has 0 nitrogen and oxygen atoms in total. The second-order valence-corrected chi connectivity index (χ2v) is 3.78. The van der Waals surface area contributed by atoms with Crippen LogP contribution in [0.5, 0.6) is 0 Å². The molecule has 0 saturated heterocycles. The summed E-state index contributed by atoms with van der Waals surface area (Å²) in [5.41, 5.74) is -0.697. The van der Waals surface area contributed by atoms with E-state index >= 15 is 0 Å². The lowest BCUT2D eigenvalue weighted by Gasteiger charge is -2.07. The van der Waals surface area contributed by atoms with Crippen molar-refractivity contribution in [2.24, 2.45) is 0 Å². The Bertz CT molecular complexity index is 558. The largest absolute Gasteiger partial charge is 0.207 e. The molecule has 0 bridgehead atoms. The van der Waals surface area contributed by atoms with Crippen LogP contribution in [0.15, 0.2) is 30.3 Å². The average Bonchev–Trinajstić information content (AvgIpc) is 2.21. The Labute approximate surface area is 99.5 Å². The van der Waals surface area contributed by atoms with Crippen molar-refractivity contribution >= 4 is 11.6 Å². The first-order valence-corrected chi connectivity index (χ1v) is 4.97. The molecule has 0 aliphatic heterocycles. The fraction of sp³-hybridized carbons (Fsp3) is 0. The number of hydrogen-bond donors (Lipinski definition) is 0. The van der Waals surface area contributed by atoms with Gasteiger partial charge in [-0.2, -0.15) is 0 Å². The van der Waals surface area contributed by atoms with Crippen LogP contribution in [0, 0.1) is 23.3 Å². The molecule has 17 heavy (non-hydrogen) atoms. The van der Waals surface area contributed by atoms with Crippen molar-refractivity contribution in [3.8, 4) is 11.1 Å². The highest BCUT2D eigenvalue weighted by Crippen LogP contribution is 2.33. The Hall–Kier alpha value is -1.55. The molecule has 0 aliphatic carbocycles. The Morgan fingerprint density at radius 2 is 1.35 bits per heavy atom. The summed E-state index contributed by atoms with van der Waals surface area (Å²) < 4.78 is 52.6. The molecule has 0 saturated carbocycles. The van der Waals surface area contributed by atoms with Gasteiger partial charge in [0, 0.05) is 22.7 Å². The van der Waals surface area contributed by atoms with E-state index in [9.17, 15) is 17.6 Å². The zero-order valence-corrected chi connectivity index (χ0v) is 9.03. The lowest BCUT2D eigenvalue weighted by atomic mass is 10.0. The summed E-state index contributed by atoms with van der Waals surface area (Å²) in [5.74, 6) is -3.99. The molecule has 0 heterocycles. The van der Waals surface area contributed by atoms with Crippen molar-refractivity contribution in [3.63, 3.8) is 0 Å². The highest BCUT2D eigenvalue weighted by atomic mass is 35.5. The molecule has 0 N–H and O–H groups in total. The summed E-state index contributed by atoms with van der Waals surface area (Å²) in [4.78, 5) is 0. The Morgan fingerprint density at radius 3 is 1.94 bits per heavy atom. The minimum absolute atomic E-state index is 0.0178. The molecule has 2 rings (SSSR count). The maximum Gasteiger partial charge on any atom is 0.136 e. The first kappa shape index (κ1) is 11.9. The summed E-state index contributed by atoms with van der Waals surface area (Å²) in [5, 5.41) is -0.0178. The van der Waals surface area contributed by atoms with Crippen molar-refractivity contribution in [2.45, 2.75) is 0 Å². The summed E-state index contributed by atoms with van der Waals surface area (Å²) in [6.45, 7) is 0. The van der Waals surface area contributed by atoms with E-state index in [4.69, 9.17) is 11.6 Å². The maximum atomic E-state index is 13.4. The predicted molar refractivity (Wildman–Crippen MR) is 56.7 cm³/mol. The van der Waals surface area contributed by atoms with Crippen LogP contribution in [0.4, 0.5) is 17.6 Å². The van der Waals surface area contributed by atoms with Crippen molar-refractivity contribution < 1.29 is 17.6 Å². The van der Waals surface area contributed by atoms with Gasteiger partial charge in [0.05, 0.1) is 5.56 Å².